The van der Waals surface area contributed by atoms with E-state index in [4.69, 9.17) is 0 Å². The molecule has 0 saturated carbocycles. The molecule has 0 atom stereocenters. The van der Waals surface area contributed by atoms with E-state index in [1.807, 2.05) is 19.0 Å². The highest BCUT2D eigenvalue weighted by atomic mass is 16.1. The molecule has 100 valence electrons. The molecule has 0 aliphatic carbocycles. The van der Waals surface area contributed by atoms with Crippen LogP contribution in [0.3, 0.4) is 0 Å². The molecule has 0 aliphatic heterocycles. The molecule has 0 unspecified atom stereocenters. The summed E-state index contributed by atoms with van der Waals surface area (Å²) in [5.74, 6) is 1.99. The number of rotatable bonds is 4. The molecule has 0 fully saturated rings. The van der Waals surface area contributed by atoms with E-state index in [0.717, 1.165) is 5.82 Å². The summed E-state index contributed by atoms with van der Waals surface area (Å²) in [7, 11) is 3.79. The van der Waals surface area contributed by atoms with Gasteiger partial charge in [0.1, 0.15) is 5.82 Å². The first-order valence-corrected chi connectivity index (χ1v) is 5.85. The Kier molecular flexibility index (Phi) is 3.74. The first-order valence-electron chi connectivity index (χ1n) is 5.85. The van der Waals surface area contributed by atoms with E-state index in [-0.39, 0.29) is 5.56 Å². The summed E-state index contributed by atoms with van der Waals surface area (Å²) < 4.78 is 0. The van der Waals surface area contributed by atoms with E-state index < -0.39 is 0 Å². The monoisotopic (exact) mass is 260 g/mol. The van der Waals surface area contributed by atoms with Crippen LogP contribution in [0.1, 0.15) is 11.5 Å². The lowest BCUT2D eigenvalue weighted by molar-refractivity contribution is 0.925. The quantitative estimate of drug-likeness (QED) is 0.834. The van der Waals surface area contributed by atoms with Crippen molar-refractivity contribution < 1.29 is 0 Å². The highest BCUT2D eigenvalue weighted by Gasteiger charge is 2.07. The molecule has 0 aromatic carbocycles. The second-order valence-electron chi connectivity index (χ2n) is 4.30. The molecule has 0 spiro atoms. The van der Waals surface area contributed by atoms with Crippen molar-refractivity contribution in [2.75, 3.05) is 24.3 Å². The van der Waals surface area contributed by atoms with E-state index in [0.29, 0.717) is 23.9 Å². The van der Waals surface area contributed by atoms with Crippen molar-refractivity contribution in [2.45, 2.75) is 13.5 Å². The van der Waals surface area contributed by atoms with Gasteiger partial charge < -0.3 is 15.2 Å². The van der Waals surface area contributed by atoms with Crippen molar-refractivity contribution in [3.05, 3.63) is 40.3 Å². The molecular weight excluding hydrogens is 244 g/mol. The van der Waals surface area contributed by atoms with Gasteiger partial charge in [-0.2, -0.15) is 0 Å². The molecule has 2 rings (SSSR count). The lowest BCUT2D eigenvalue weighted by Gasteiger charge is -2.15. The van der Waals surface area contributed by atoms with Gasteiger partial charge in [-0.15, -0.1) is 0 Å². The number of anilines is 2. The van der Waals surface area contributed by atoms with Crippen LogP contribution in [-0.2, 0) is 6.54 Å². The number of hydrogen-bond acceptors (Lipinski definition) is 6. The minimum atomic E-state index is -0.156. The molecule has 19 heavy (non-hydrogen) atoms. The summed E-state index contributed by atoms with van der Waals surface area (Å²) >= 11 is 0. The third-order valence-corrected chi connectivity index (χ3v) is 2.45. The standard InChI is InChI=1S/C12H16N6O/c1-8-16-9(6-10(19)17-8)7-15-11-12(18(2)3)14-5-4-13-11/h4-6H,7H2,1-3H3,(H,13,15)(H,16,17,19). The maximum Gasteiger partial charge on any atom is 0.251 e. The maximum absolute atomic E-state index is 11.3. The van der Waals surface area contributed by atoms with Crippen molar-refractivity contribution in [1.29, 1.82) is 0 Å². The van der Waals surface area contributed by atoms with E-state index in [2.05, 4.69) is 25.3 Å². The van der Waals surface area contributed by atoms with Gasteiger partial charge >= 0.3 is 0 Å². The largest absolute Gasteiger partial charge is 0.361 e. The number of nitrogens with zero attached hydrogens (tertiary/aromatic N) is 4. The second-order valence-corrected chi connectivity index (χ2v) is 4.30. The van der Waals surface area contributed by atoms with Crippen molar-refractivity contribution in [3.63, 3.8) is 0 Å². The summed E-state index contributed by atoms with van der Waals surface area (Å²) in [4.78, 5) is 28.5. The number of aromatic nitrogens is 4. The zero-order valence-electron chi connectivity index (χ0n) is 11.1. The maximum atomic E-state index is 11.3. The molecule has 0 aliphatic rings. The summed E-state index contributed by atoms with van der Waals surface area (Å²) in [5.41, 5.74) is 0.507. The van der Waals surface area contributed by atoms with Crippen LogP contribution in [0.5, 0.6) is 0 Å². The van der Waals surface area contributed by atoms with Gasteiger partial charge in [0, 0.05) is 32.6 Å². The summed E-state index contributed by atoms with van der Waals surface area (Å²) in [6, 6.07) is 1.46. The SMILES string of the molecule is Cc1nc(CNc2nccnc2N(C)C)cc(=O)[nH]1. The fourth-order valence-corrected chi connectivity index (χ4v) is 1.69. The smallest absolute Gasteiger partial charge is 0.251 e. The number of H-pyrrole nitrogens is 1. The van der Waals surface area contributed by atoms with Crippen molar-refractivity contribution in [2.24, 2.45) is 0 Å². The van der Waals surface area contributed by atoms with Gasteiger partial charge in [-0.1, -0.05) is 0 Å². The molecular formula is C12H16N6O. The Morgan fingerprint density at radius 3 is 2.74 bits per heavy atom. The van der Waals surface area contributed by atoms with Gasteiger partial charge in [0.25, 0.3) is 5.56 Å². The molecule has 2 aromatic heterocycles. The van der Waals surface area contributed by atoms with Gasteiger partial charge in [-0.25, -0.2) is 15.0 Å². The third kappa shape index (κ3) is 3.27. The Hall–Kier alpha value is -2.44. The van der Waals surface area contributed by atoms with Crippen LogP contribution in [-0.4, -0.2) is 34.0 Å². The van der Waals surface area contributed by atoms with Crippen LogP contribution in [0.2, 0.25) is 0 Å². The Morgan fingerprint density at radius 1 is 1.32 bits per heavy atom. The number of aryl methyl sites for hydroxylation is 1. The predicted molar refractivity (Wildman–Crippen MR) is 73.3 cm³/mol. The van der Waals surface area contributed by atoms with Crippen molar-refractivity contribution in [1.82, 2.24) is 19.9 Å². The second kappa shape index (κ2) is 5.47. The molecule has 2 heterocycles. The fraction of sp³-hybridized carbons (Fsp3) is 0.333. The summed E-state index contributed by atoms with van der Waals surface area (Å²) in [5, 5.41) is 3.13. The molecule has 0 saturated heterocycles. The van der Waals surface area contributed by atoms with Crippen LogP contribution >= 0.6 is 0 Å². The Labute approximate surface area is 110 Å². The lowest BCUT2D eigenvalue weighted by Crippen LogP contribution is -2.16. The van der Waals surface area contributed by atoms with Crippen LogP contribution in [0, 0.1) is 6.92 Å². The first-order chi connectivity index (χ1) is 9.06. The molecule has 0 amide bonds. The molecule has 7 nitrogen and oxygen atoms in total. The van der Waals surface area contributed by atoms with E-state index >= 15 is 0 Å². The third-order valence-electron chi connectivity index (χ3n) is 2.45. The molecule has 0 bridgehead atoms. The highest BCUT2D eigenvalue weighted by Crippen LogP contribution is 2.17. The van der Waals surface area contributed by atoms with Gasteiger partial charge in [0.05, 0.1) is 12.2 Å². The van der Waals surface area contributed by atoms with Gasteiger partial charge in [0.2, 0.25) is 0 Å². The first kappa shape index (κ1) is 13.0. The Balaban J connectivity index is 2.16. The highest BCUT2D eigenvalue weighted by molar-refractivity contribution is 5.59. The minimum absolute atomic E-state index is 0.156. The van der Waals surface area contributed by atoms with Gasteiger partial charge in [-0.3, -0.25) is 4.79 Å². The topological polar surface area (TPSA) is 86.8 Å². The fourth-order valence-electron chi connectivity index (χ4n) is 1.69. The molecule has 2 N–H and O–H groups in total. The molecule has 0 radical (unpaired) electrons. The lowest BCUT2D eigenvalue weighted by atomic mass is 10.4. The van der Waals surface area contributed by atoms with Crippen LogP contribution in [0.4, 0.5) is 11.6 Å². The summed E-state index contributed by atoms with van der Waals surface area (Å²) in [6.45, 7) is 2.17. The zero-order chi connectivity index (χ0) is 13.8. The van der Waals surface area contributed by atoms with Crippen LogP contribution < -0.4 is 15.8 Å². The Morgan fingerprint density at radius 2 is 2.05 bits per heavy atom. The number of hydrogen-bond donors (Lipinski definition) is 2. The summed E-state index contributed by atoms with van der Waals surface area (Å²) in [6.07, 6.45) is 3.25. The van der Waals surface area contributed by atoms with Crippen molar-refractivity contribution in [3.8, 4) is 0 Å². The average molecular weight is 260 g/mol. The normalized spacial score (nSPS) is 10.3. The molecule has 7 heteroatoms. The van der Waals surface area contributed by atoms with Crippen molar-refractivity contribution >= 4 is 11.6 Å². The Bertz CT molecular complexity index is 622. The van der Waals surface area contributed by atoms with Crippen LogP contribution in [0.15, 0.2) is 23.3 Å². The number of aromatic amines is 1. The van der Waals surface area contributed by atoms with Gasteiger partial charge in [-0.05, 0) is 6.92 Å². The van der Waals surface area contributed by atoms with E-state index in [1.54, 1.807) is 19.3 Å². The zero-order valence-corrected chi connectivity index (χ0v) is 11.1. The average Bonchev–Trinajstić information content (AvgIpc) is 2.35. The predicted octanol–water partition coefficient (Wildman–Crippen LogP) is 0.546. The molecule has 2 aromatic rings. The number of nitrogens with one attached hydrogen (secondary N) is 2. The minimum Gasteiger partial charge on any atom is -0.361 e. The van der Waals surface area contributed by atoms with Gasteiger partial charge in [0.15, 0.2) is 11.6 Å². The van der Waals surface area contributed by atoms with Crippen LogP contribution in [0.25, 0.3) is 0 Å². The van der Waals surface area contributed by atoms with E-state index in [9.17, 15) is 4.79 Å². The van der Waals surface area contributed by atoms with E-state index in [1.165, 1.54) is 6.07 Å².